The Labute approximate surface area is 152 Å². The van der Waals surface area contributed by atoms with Gasteiger partial charge in [-0.1, -0.05) is 30.3 Å². The molecule has 3 aliphatic rings. The molecule has 0 aliphatic heterocycles. The second kappa shape index (κ2) is 5.61. The third kappa shape index (κ3) is 1.92. The molecule has 0 saturated heterocycles. The summed E-state index contributed by atoms with van der Waals surface area (Å²) in [4.78, 5) is 0. The van der Waals surface area contributed by atoms with Crippen LogP contribution in [0.15, 0.2) is 54.6 Å². The number of hydrogen-bond acceptors (Lipinski definition) is 3. The molecule has 0 fully saturated rings. The highest BCUT2D eigenvalue weighted by molar-refractivity contribution is 5.70. The minimum absolute atomic E-state index is 0.0273. The Morgan fingerprint density at radius 2 is 1.35 bits per heavy atom. The molecule has 6 rings (SSSR count). The minimum atomic E-state index is -0.0273. The first-order valence-electron chi connectivity index (χ1n) is 8.85. The molecule has 2 unspecified atom stereocenters. The van der Waals surface area contributed by atoms with Gasteiger partial charge in [-0.25, -0.2) is 0 Å². The van der Waals surface area contributed by atoms with Gasteiger partial charge in [-0.3, -0.25) is 0 Å². The highest BCUT2D eigenvalue weighted by atomic mass is 16.5. The molecule has 130 valence electrons. The second-order valence-electron chi connectivity index (χ2n) is 6.94. The number of ether oxygens (including phenoxy) is 2. The third-order valence-electron chi connectivity index (χ3n) is 5.81. The third-order valence-corrected chi connectivity index (χ3v) is 5.81. The van der Waals surface area contributed by atoms with Crippen molar-refractivity contribution < 1.29 is 14.6 Å². The Kier molecular flexibility index (Phi) is 3.34. The summed E-state index contributed by atoms with van der Waals surface area (Å²) in [5.41, 5.74) is 8.72. The van der Waals surface area contributed by atoms with Crippen molar-refractivity contribution in [3.8, 4) is 11.5 Å². The van der Waals surface area contributed by atoms with Crippen LogP contribution in [0.1, 0.15) is 50.8 Å². The van der Waals surface area contributed by atoms with E-state index < -0.39 is 0 Å². The molecule has 0 amide bonds. The van der Waals surface area contributed by atoms with Crippen molar-refractivity contribution in [2.75, 3.05) is 14.2 Å². The van der Waals surface area contributed by atoms with E-state index in [0.717, 1.165) is 17.1 Å². The molecule has 0 heterocycles. The van der Waals surface area contributed by atoms with Crippen molar-refractivity contribution in [1.82, 2.24) is 0 Å². The summed E-state index contributed by atoms with van der Waals surface area (Å²) >= 11 is 0. The van der Waals surface area contributed by atoms with E-state index in [0.29, 0.717) is 0 Å². The van der Waals surface area contributed by atoms with Crippen LogP contribution in [0.3, 0.4) is 0 Å². The highest BCUT2D eigenvalue weighted by Gasteiger charge is 2.41. The summed E-state index contributed by atoms with van der Waals surface area (Å²) in [5, 5.41) is 9.79. The van der Waals surface area contributed by atoms with Crippen molar-refractivity contribution >= 4 is 0 Å². The van der Waals surface area contributed by atoms with Crippen molar-refractivity contribution in [3.63, 3.8) is 0 Å². The average molecular weight is 344 g/mol. The maximum Gasteiger partial charge on any atom is 0.124 e. The maximum absolute atomic E-state index is 9.79. The quantitative estimate of drug-likeness (QED) is 0.533. The van der Waals surface area contributed by atoms with E-state index in [9.17, 15) is 5.11 Å². The predicted molar refractivity (Wildman–Crippen MR) is 100 cm³/mol. The number of benzene rings is 3. The molecule has 1 N–H and O–H groups in total. The van der Waals surface area contributed by atoms with Gasteiger partial charge in [-0.2, -0.15) is 0 Å². The van der Waals surface area contributed by atoms with E-state index in [4.69, 9.17) is 9.47 Å². The zero-order valence-electron chi connectivity index (χ0n) is 14.8. The van der Waals surface area contributed by atoms with Gasteiger partial charge in [0.25, 0.3) is 0 Å². The van der Waals surface area contributed by atoms with Gasteiger partial charge in [-0.15, -0.1) is 0 Å². The highest BCUT2D eigenvalue weighted by Crippen LogP contribution is 2.57. The summed E-state index contributed by atoms with van der Waals surface area (Å²) in [6.07, 6.45) is 0. The van der Waals surface area contributed by atoms with Crippen LogP contribution in [0, 0.1) is 0 Å². The Balaban J connectivity index is 1.83. The Morgan fingerprint density at radius 3 is 2.00 bits per heavy atom. The lowest BCUT2D eigenvalue weighted by atomic mass is 9.61. The van der Waals surface area contributed by atoms with Gasteiger partial charge in [0, 0.05) is 17.4 Å². The Bertz CT molecular complexity index is 1020. The van der Waals surface area contributed by atoms with Crippen LogP contribution in [-0.4, -0.2) is 19.3 Å². The average Bonchev–Trinajstić information content (AvgIpc) is 2.71. The van der Waals surface area contributed by atoms with E-state index in [-0.39, 0.29) is 18.4 Å². The van der Waals surface area contributed by atoms with Crippen LogP contribution >= 0.6 is 0 Å². The zero-order valence-corrected chi connectivity index (χ0v) is 14.8. The van der Waals surface area contributed by atoms with Gasteiger partial charge in [-0.05, 0) is 57.6 Å². The van der Waals surface area contributed by atoms with E-state index in [1.807, 2.05) is 6.07 Å². The standard InChI is InChI=1S/C23H20O3/c1-25-14-7-8-17-19(10-14)23-16-6-4-3-5-15(16)22(17)20-11-21(26-2)13(12-24)9-18(20)23/h3-11,22-24H,12H2,1-2H3. The van der Waals surface area contributed by atoms with Crippen molar-refractivity contribution in [2.24, 2.45) is 0 Å². The van der Waals surface area contributed by atoms with E-state index in [1.54, 1.807) is 14.2 Å². The van der Waals surface area contributed by atoms with E-state index in [1.165, 1.54) is 33.4 Å². The Hall–Kier alpha value is -2.78. The monoisotopic (exact) mass is 344 g/mol. The van der Waals surface area contributed by atoms with Gasteiger partial charge < -0.3 is 14.6 Å². The molecule has 3 nitrogen and oxygen atoms in total. The first-order chi connectivity index (χ1) is 12.8. The van der Waals surface area contributed by atoms with Crippen LogP contribution in [0.25, 0.3) is 0 Å². The number of aliphatic hydroxyl groups is 1. The van der Waals surface area contributed by atoms with Crippen LogP contribution < -0.4 is 9.47 Å². The topological polar surface area (TPSA) is 38.7 Å². The summed E-state index contributed by atoms with van der Waals surface area (Å²) < 4.78 is 11.0. The molecular formula is C23H20O3. The predicted octanol–water partition coefficient (Wildman–Crippen LogP) is 4.18. The van der Waals surface area contributed by atoms with Gasteiger partial charge in [0.1, 0.15) is 11.5 Å². The fraction of sp³-hybridized carbons (Fsp3) is 0.217. The molecule has 0 radical (unpaired) electrons. The number of methoxy groups -OCH3 is 2. The zero-order chi connectivity index (χ0) is 17.8. The largest absolute Gasteiger partial charge is 0.497 e. The lowest BCUT2D eigenvalue weighted by molar-refractivity contribution is 0.273. The summed E-state index contributed by atoms with van der Waals surface area (Å²) in [5.74, 6) is 1.99. The number of aliphatic hydroxyl groups excluding tert-OH is 1. The summed E-state index contributed by atoms with van der Waals surface area (Å²) in [6.45, 7) is -0.0273. The molecule has 3 aromatic carbocycles. The molecule has 3 aliphatic carbocycles. The van der Waals surface area contributed by atoms with Crippen LogP contribution in [0.2, 0.25) is 0 Å². The van der Waals surface area contributed by atoms with Crippen molar-refractivity contribution in [1.29, 1.82) is 0 Å². The molecule has 0 spiro atoms. The molecule has 0 saturated carbocycles. The first kappa shape index (κ1) is 15.5. The van der Waals surface area contributed by atoms with Gasteiger partial charge in [0.15, 0.2) is 0 Å². The summed E-state index contributed by atoms with van der Waals surface area (Å²) in [6, 6.07) is 19.3. The van der Waals surface area contributed by atoms with Crippen LogP contribution in [-0.2, 0) is 6.61 Å². The van der Waals surface area contributed by atoms with Crippen molar-refractivity contribution in [2.45, 2.75) is 18.4 Å². The molecule has 2 atom stereocenters. The lowest BCUT2D eigenvalue weighted by Gasteiger charge is -2.42. The molecule has 26 heavy (non-hydrogen) atoms. The minimum Gasteiger partial charge on any atom is -0.497 e. The number of rotatable bonds is 3. The fourth-order valence-corrected chi connectivity index (χ4v) is 4.71. The smallest absolute Gasteiger partial charge is 0.124 e. The molecular weight excluding hydrogens is 324 g/mol. The fourth-order valence-electron chi connectivity index (χ4n) is 4.71. The molecule has 0 aromatic heterocycles. The van der Waals surface area contributed by atoms with Gasteiger partial charge in [0.2, 0.25) is 0 Å². The summed E-state index contributed by atoms with van der Waals surface area (Å²) in [7, 11) is 3.37. The van der Waals surface area contributed by atoms with E-state index >= 15 is 0 Å². The van der Waals surface area contributed by atoms with Gasteiger partial charge >= 0.3 is 0 Å². The first-order valence-corrected chi connectivity index (χ1v) is 8.85. The second-order valence-corrected chi connectivity index (χ2v) is 6.94. The molecule has 3 heteroatoms. The SMILES string of the molecule is COc1ccc2c(c1)C1c3ccccc3C2c2cc(OC)c(CO)cc21. The number of hydrogen-bond donors (Lipinski definition) is 1. The molecule has 3 aromatic rings. The van der Waals surface area contributed by atoms with Gasteiger partial charge in [0.05, 0.1) is 20.8 Å². The lowest BCUT2D eigenvalue weighted by Crippen LogP contribution is -2.27. The molecule has 2 bridgehead atoms. The van der Waals surface area contributed by atoms with E-state index in [2.05, 4.69) is 48.5 Å². The van der Waals surface area contributed by atoms with Crippen LogP contribution in [0.5, 0.6) is 11.5 Å². The Morgan fingerprint density at radius 1 is 0.731 bits per heavy atom. The van der Waals surface area contributed by atoms with Crippen molar-refractivity contribution in [3.05, 3.63) is 93.5 Å². The van der Waals surface area contributed by atoms with Crippen LogP contribution in [0.4, 0.5) is 0 Å². The normalized spacial score (nSPS) is 18.7. The maximum atomic E-state index is 9.79.